The Morgan fingerprint density at radius 2 is 2.06 bits per heavy atom. The maximum atomic E-state index is 12.1. The van der Waals surface area contributed by atoms with Crippen LogP contribution in [-0.4, -0.2) is 33.4 Å². The fourth-order valence-electron chi connectivity index (χ4n) is 2.05. The number of carbonyl (C=O) groups is 1. The Balaban J connectivity index is 2.12. The van der Waals surface area contributed by atoms with E-state index in [-0.39, 0.29) is 18.0 Å². The fraction of sp³-hybridized carbons (Fsp3) is 0.583. The molecule has 0 saturated carbocycles. The molecule has 1 aromatic rings. The molecule has 0 aliphatic carbocycles. The van der Waals surface area contributed by atoms with Crippen molar-refractivity contribution in [1.29, 1.82) is 0 Å². The number of likely N-dealkylation sites (tertiary alicyclic amines) is 1. The van der Waals surface area contributed by atoms with Crippen LogP contribution in [0.1, 0.15) is 25.0 Å². The number of halogens is 1. The van der Waals surface area contributed by atoms with E-state index in [0.29, 0.717) is 9.26 Å². The zero-order valence-corrected chi connectivity index (χ0v) is 12.5. The molecule has 0 radical (unpaired) electrons. The number of amides is 1. The number of aromatic nitrogens is 2. The van der Waals surface area contributed by atoms with E-state index in [1.807, 2.05) is 27.5 Å². The van der Waals surface area contributed by atoms with E-state index < -0.39 is 0 Å². The SMILES string of the molecule is Cc1ncn(CC(=O)N2CCCCC2)c(=O)c1I. The summed E-state index contributed by atoms with van der Waals surface area (Å²) in [7, 11) is 0. The number of carbonyl (C=O) groups excluding carboxylic acids is 1. The zero-order valence-electron chi connectivity index (χ0n) is 10.4. The molecule has 18 heavy (non-hydrogen) atoms. The highest BCUT2D eigenvalue weighted by molar-refractivity contribution is 14.1. The second-order valence-corrected chi connectivity index (χ2v) is 5.60. The summed E-state index contributed by atoms with van der Waals surface area (Å²) in [6.45, 7) is 3.51. The van der Waals surface area contributed by atoms with Crippen molar-refractivity contribution in [3.05, 3.63) is 25.9 Å². The third kappa shape index (κ3) is 2.90. The summed E-state index contributed by atoms with van der Waals surface area (Å²) in [6, 6.07) is 0. The van der Waals surface area contributed by atoms with E-state index in [2.05, 4.69) is 4.98 Å². The Bertz CT molecular complexity index is 507. The van der Waals surface area contributed by atoms with E-state index in [4.69, 9.17) is 0 Å². The average molecular weight is 361 g/mol. The summed E-state index contributed by atoms with van der Waals surface area (Å²) in [4.78, 5) is 30.0. The molecule has 1 aromatic heterocycles. The predicted octanol–water partition coefficient (Wildman–Crippen LogP) is 1.17. The van der Waals surface area contributed by atoms with Crippen LogP contribution in [0.4, 0.5) is 0 Å². The van der Waals surface area contributed by atoms with E-state index in [0.717, 1.165) is 25.9 Å². The van der Waals surface area contributed by atoms with E-state index in [1.54, 1.807) is 6.92 Å². The van der Waals surface area contributed by atoms with Crippen LogP contribution < -0.4 is 5.56 Å². The van der Waals surface area contributed by atoms with Crippen LogP contribution in [0, 0.1) is 10.5 Å². The molecule has 2 heterocycles. The summed E-state index contributed by atoms with van der Waals surface area (Å²) in [5, 5.41) is 0. The lowest BCUT2D eigenvalue weighted by Crippen LogP contribution is -2.40. The maximum Gasteiger partial charge on any atom is 0.267 e. The second-order valence-electron chi connectivity index (χ2n) is 4.52. The van der Waals surface area contributed by atoms with Gasteiger partial charge in [-0.1, -0.05) is 0 Å². The van der Waals surface area contributed by atoms with Gasteiger partial charge in [0.25, 0.3) is 5.56 Å². The first-order chi connectivity index (χ1) is 8.59. The van der Waals surface area contributed by atoms with Crippen molar-refractivity contribution in [2.45, 2.75) is 32.7 Å². The van der Waals surface area contributed by atoms with Gasteiger partial charge in [-0.05, 0) is 48.8 Å². The quantitative estimate of drug-likeness (QED) is 0.744. The summed E-state index contributed by atoms with van der Waals surface area (Å²) in [6.07, 6.45) is 4.77. The first kappa shape index (κ1) is 13.5. The smallest absolute Gasteiger partial charge is 0.267 e. The van der Waals surface area contributed by atoms with Gasteiger partial charge in [0.15, 0.2) is 0 Å². The Hall–Kier alpha value is -0.920. The normalized spacial score (nSPS) is 15.8. The first-order valence-corrected chi connectivity index (χ1v) is 7.17. The van der Waals surface area contributed by atoms with Crippen molar-refractivity contribution in [3.8, 4) is 0 Å². The van der Waals surface area contributed by atoms with Gasteiger partial charge in [-0.3, -0.25) is 14.2 Å². The molecule has 0 N–H and O–H groups in total. The van der Waals surface area contributed by atoms with Crippen LogP contribution >= 0.6 is 22.6 Å². The topological polar surface area (TPSA) is 55.2 Å². The molecule has 1 saturated heterocycles. The van der Waals surface area contributed by atoms with Crippen molar-refractivity contribution in [2.75, 3.05) is 13.1 Å². The Morgan fingerprint density at radius 1 is 1.39 bits per heavy atom. The molecule has 0 unspecified atom stereocenters. The van der Waals surface area contributed by atoms with E-state index in [9.17, 15) is 9.59 Å². The Morgan fingerprint density at radius 3 is 2.72 bits per heavy atom. The molecule has 1 aliphatic heterocycles. The van der Waals surface area contributed by atoms with E-state index >= 15 is 0 Å². The zero-order chi connectivity index (χ0) is 13.1. The summed E-state index contributed by atoms with van der Waals surface area (Å²) < 4.78 is 1.98. The van der Waals surface area contributed by atoms with Gasteiger partial charge in [0.2, 0.25) is 5.91 Å². The highest BCUT2D eigenvalue weighted by Gasteiger charge is 2.17. The van der Waals surface area contributed by atoms with Crippen LogP contribution in [0.15, 0.2) is 11.1 Å². The monoisotopic (exact) mass is 361 g/mol. The molecule has 1 aliphatic rings. The van der Waals surface area contributed by atoms with Gasteiger partial charge >= 0.3 is 0 Å². The number of hydrogen-bond acceptors (Lipinski definition) is 3. The van der Waals surface area contributed by atoms with E-state index in [1.165, 1.54) is 17.3 Å². The average Bonchev–Trinajstić information content (AvgIpc) is 2.40. The van der Waals surface area contributed by atoms with Gasteiger partial charge in [0.1, 0.15) is 6.54 Å². The maximum absolute atomic E-state index is 12.1. The molecule has 5 nitrogen and oxygen atoms in total. The molecule has 0 bridgehead atoms. The minimum absolute atomic E-state index is 0.0123. The molecule has 0 atom stereocenters. The molecule has 0 aromatic carbocycles. The van der Waals surface area contributed by atoms with Crippen LogP contribution in [-0.2, 0) is 11.3 Å². The van der Waals surface area contributed by atoms with Crippen LogP contribution in [0.3, 0.4) is 0 Å². The lowest BCUT2D eigenvalue weighted by molar-refractivity contribution is -0.132. The lowest BCUT2D eigenvalue weighted by Gasteiger charge is -2.26. The van der Waals surface area contributed by atoms with Crippen molar-refractivity contribution < 1.29 is 4.79 Å². The van der Waals surface area contributed by atoms with Gasteiger partial charge in [0.05, 0.1) is 15.6 Å². The predicted molar refractivity (Wildman–Crippen MR) is 76.4 cm³/mol. The Kier molecular flexibility index (Phi) is 4.36. The summed E-state index contributed by atoms with van der Waals surface area (Å²) >= 11 is 1.98. The number of rotatable bonds is 2. The van der Waals surface area contributed by atoms with Gasteiger partial charge < -0.3 is 4.90 Å². The van der Waals surface area contributed by atoms with Crippen LogP contribution in [0.25, 0.3) is 0 Å². The minimum atomic E-state index is -0.131. The summed E-state index contributed by atoms with van der Waals surface area (Å²) in [5.74, 6) is 0.0123. The molecular weight excluding hydrogens is 345 g/mol. The molecule has 98 valence electrons. The minimum Gasteiger partial charge on any atom is -0.341 e. The summed E-state index contributed by atoms with van der Waals surface area (Å²) in [5.41, 5.74) is 0.579. The second kappa shape index (κ2) is 5.81. The molecule has 0 spiro atoms. The van der Waals surface area contributed by atoms with Crippen molar-refractivity contribution in [2.24, 2.45) is 0 Å². The highest BCUT2D eigenvalue weighted by atomic mass is 127. The molecule has 1 amide bonds. The highest BCUT2D eigenvalue weighted by Crippen LogP contribution is 2.09. The number of hydrogen-bond donors (Lipinski definition) is 0. The van der Waals surface area contributed by atoms with Gasteiger partial charge in [-0.25, -0.2) is 4.98 Å². The molecule has 6 heteroatoms. The first-order valence-electron chi connectivity index (χ1n) is 6.09. The lowest BCUT2D eigenvalue weighted by atomic mass is 10.1. The largest absolute Gasteiger partial charge is 0.341 e. The molecule has 2 rings (SSSR count). The van der Waals surface area contributed by atoms with Crippen molar-refractivity contribution >= 4 is 28.5 Å². The van der Waals surface area contributed by atoms with Crippen molar-refractivity contribution in [3.63, 3.8) is 0 Å². The molecule has 1 fully saturated rings. The standard InChI is InChI=1S/C12H16IN3O2/c1-9-11(13)12(18)16(8-14-9)7-10(17)15-5-3-2-4-6-15/h8H,2-7H2,1H3. The number of nitrogens with zero attached hydrogens (tertiary/aromatic N) is 3. The number of piperidine rings is 1. The third-order valence-corrected chi connectivity index (χ3v) is 4.41. The molecular formula is C12H16IN3O2. The Labute approximate surface area is 119 Å². The fourth-order valence-corrected chi connectivity index (χ4v) is 2.50. The van der Waals surface area contributed by atoms with Gasteiger partial charge in [-0.15, -0.1) is 0 Å². The van der Waals surface area contributed by atoms with Crippen molar-refractivity contribution in [1.82, 2.24) is 14.5 Å². The van der Waals surface area contributed by atoms with Crippen LogP contribution in [0.5, 0.6) is 0 Å². The number of aryl methyl sites for hydroxylation is 1. The van der Waals surface area contributed by atoms with Crippen LogP contribution in [0.2, 0.25) is 0 Å². The van der Waals surface area contributed by atoms with Gasteiger partial charge in [-0.2, -0.15) is 0 Å². The van der Waals surface area contributed by atoms with Gasteiger partial charge in [0, 0.05) is 13.1 Å². The third-order valence-electron chi connectivity index (χ3n) is 3.17.